The number of aryl methyl sites for hydroxylation is 2. The molecule has 0 unspecified atom stereocenters. The van der Waals surface area contributed by atoms with E-state index < -0.39 is 0 Å². The van der Waals surface area contributed by atoms with Gasteiger partial charge in [-0.05, 0) is 25.5 Å². The van der Waals surface area contributed by atoms with Crippen molar-refractivity contribution in [2.45, 2.75) is 26.9 Å². The minimum atomic E-state index is 0.225. The number of benzene rings is 1. The molecule has 102 valence electrons. The zero-order valence-electron chi connectivity index (χ0n) is 11.3. The number of phenolic OH excluding ortho intramolecular Hbond substituents is 1. The molecular formula is C14H17ClN2O2. The molecule has 0 bridgehead atoms. The van der Waals surface area contributed by atoms with Gasteiger partial charge in [-0.2, -0.15) is 5.10 Å². The maximum atomic E-state index is 9.63. The largest absolute Gasteiger partial charge is 0.508 e. The zero-order valence-corrected chi connectivity index (χ0v) is 12.0. The molecule has 0 atom stereocenters. The van der Waals surface area contributed by atoms with E-state index in [-0.39, 0.29) is 5.75 Å². The molecule has 1 N–H and O–H groups in total. The van der Waals surface area contributed by atoms with Gasteiger partial charge in [0.15, 0.2) is 0 Å². The van der Waals surface area contributed by atoms with Crippen molar-refractivity contribution >= 4 is 11.6 Å². The Morgan fingerprint density at radius 3 is 2.79 bits per heavy atom. The number of aromatic hydroxyl groups is 1. The quantitative estimate of drug-likeness (QED) is 0.935. The van der Waals surface area contributed by atoms with Crippen LogP contribution in [0.25, 0.3) is 0 Å². The third-order valence-electron chi connectivity index (χ3n) is 3.12. The Kier molecular flexibility index (Phi) is 4.00. The number of nitrogens with zero attached hydrogens (tertiary/aromatic N) is 2. The smallest absolute Gasteiger partial charge is 0.131 e. The molecule has 19 heavy (non-hydrogen) atoms. The van der Waals surface area contributed by atoms with Crippen LogP contribution in [0.15, 0.2) is 18.2 Å². The Bertz CT molecular complexity index is 593. The molecule has 0 amide bonds. The number of ether oxygens (including phenoxy) is 1. The van der Waals surface area contributed by atoms with E-state index >= 15 is 0 Å². The lowest BCUT2D eigenvalue weighted by atomic mass is 10.2. The minimum absolute atomic E-state index is 0.225. The van der Waals surface area contributed by atoms with Gasteiger partial charge in [0.05, 0.1) is 16.4 Å². The number of hydrogen-bond acceptors (Lipinski definition) is 3. The number of hydrogen-bond donors (Lipinski definition) is 1. The maximum absolute atomic E-state index is 9.63. The number of aromatic nitrogens is 2. The summed E-state index contributed by atoms with van der Waals surface area (Å²) < 4.78 is 7.45. The van der Waals surface area contributed by atoms with Crippen LogP contribution in [0.1, 0.15) is 23.9 Å². The number of rotatable bonds is 4. The fourth-order valence-electron chi connectivity index (χ4n) is 1.88. The highest BCUT2D eigenvalue weighted by Gasteiger charge is 2.14. The zero-order chi connectivity index (χ0) is 14.0. The van der Waals surface area contributed by atoms with Crippen molar-refractivity contribution in [3.63, 3.8) is 0 Å². The molecule has 0 fully saturated rings. The van der Waals surface area contributed by atoms with E-state index in [1.807, 2.05) is 27.0 Å². The van der Waals surface area contributed by atoms with Crippen molar-refractivity contribution in [1.82, 2.24) is 9.78 Å². The van der Waals surface area contributed by atoms with Crippen LogP contribution < -0.4 is 4.74 Å². The van der Waals surface area contributed by atoms with Crippen LogP contribution in [0.2, 0.25) is 5.02 Å². The minimum Gasteiger partial charge on any atom is -0.508 e. The van der Waals surface area contributed by atoms with E-state index in [4.69, 9.17) is 16.3 Å². The van der Waals surface area contributed by atoms with Gasteiger partial charge in [-0.1, -0.05) is 24.6 Å². The molecule has 2 rings (SSSR count). The van der Waals surface area contributed by atoms with Crippen LogP contribution in [0.4, 0.5) is 0 Å². The van der Waals surface area contributed by atoms with Crippen molar-refractivity contribution in [3.8, 4) is 11.5 Å². The Balaban J connectivity index is 2.19. The van der Waals surface area contributed by atoms with E-state index in [2.05, 4.69) is 5.10 Å². The van der Waals surface area contributed by atoms with Gasteiger partial charge in [0.2, 0.25) is 0 Å². The first-order chi connectivity index (χ1) is 9.04. The second kappa shape index (κ2) is 5.53. The van der Waals surface area contributed by atoms with Crippen molar-refractivity contribution in [2.24, 2.45) is 7.05 Å². The summed E-state index contributed by atoms with van der Waals surface area (Å²) in [6.07, 6.45) is 0.790. The van der Waals surface area contributed by atoms with Gasteiger partial charge < -0.3 is 9.84 Å². The maximum Gasteiger partial charge on any atom is 0.131 e. The predicted octanol–water partition coefficient (Wildman–Crippen LogP) is 3.23. The highest BCUT2D eigenvalue weighted by molar-refractivity contribution is 6.31. The van der Waals surface area contributed by atoms with Crippen LogP contribution in [0.5, 0.6) is 11.5 Å². The lowest BCUT2D eigenvalue weighted by Crippen LogP contribution is -2.04. The normalized spacial score (nSPS) is 10.7. The summed E-state index contributed by atoms with van der Waals surface area (Å²) in [6, 6.07) is 5.20. The van der Waals surface area contributed by atoms with Crippen molar-refractivity contribution in [1.29, 1.82) is 0 Å². The molecule has 4 nitrogen and oxygen atoms in total. The monoisotopic (exact) mass is 280 g/mol. The highest BCUT2D eigenvalue weighted by Crippen LogP contribution is 2.28. The Hall–Kier alpha value is -1.68. The van der Waals surface area contributed by atoms with E-state index in [1.165, 1.54) is 0 Å². The lowest BCUT2D eigenvalue weighted by Gasteiger charge is -2.10. The van der Waals surface area contributed by atoms with Crippen molar-refractivity contribution in [3.05, 3.63) is 40.2 Å². The van der Waals surface area contributed by atoms with Gasteiger partial charge in [0, 0.05) is 12.6 Å². The number of phenols is 1. The van der Waals surface area contributed by atoms with E-state index in [1.54, 1.807) is 16.8 Å². The summed E-state index contributed by atoms with van der Waals surface area (Å²) in [7, 11) is 1.85. The van der Waals surface area contributed by atoms with E-state index in [9.17, 15) is 5.11 Å². The second-order valence-corrected chi connectivity index (χ2v) is 4.75. The summed E-state index contributed by atoms with van der Waals surface area (Å²) in [5, 5.41) is 14.6. The Labute approximate surface area is 117 Å². The van der Waals surface area contributed by atoms with E-state index in [0.717, 1.165) is 23.4 Å². The van der Waals surface area contributed by atoms with Gasteiger partial charge in [0.1, 0.15) is 18.1 Å². The molecular weight excluding hydrogens is 264 g/mol. The second-order valence-electron chi connectivity index (χ2n) is 4.37. The van der Waals surface area contributed by atoms with Crippen LogP contribution >= 0.6 is 11.6 Å². The molecule has 0 aliphatic carbocycles. The Morgan fingerprint density at radius 1 is 1.42 bits per heavy atom. The summed E-state index contributed by atoms with van der Waals surface area (Å²) in [4.78, 5) is 0. The summed E-state index contributed by atoms with van der Waals surface area (Å²) in [5.41, 5.74) is 2.42. The fourth-order valence-corrected chi connectivity index (χ4v) is 2.23. The van der Waals surface area contributed by atoms with Gasteiger partial charge in [-0.25, -0.2) is 0 Å². The summed E-state index contributed by atoms with van der Waals surface area (Å²) in [5.74, 6) is 0.873. The molecule has 0 radical (unpaired) electrons. The lowest BCUT2D eigenvalue weighted by molar-refractivity contribution is 0.291. The molecule has 1 heterocycles. The van der Waals surface area contributed by atoms with Crippen molar-refractivity contribution < 1.29 is 9.84 Å². The average Bonchev–Trinajstić information content (AvgIpc) is 2.66. The van der Waals surface area contributed by atoms with Gasteiger partial charge in [0.25, 0.3) is 0 Å². The van der Waals surface area contributed by atoms with Crippen LogP contribution in [0.3, 0.4) is 0 Å². The standard InChI is InChI=1S/C14H17ClN2O2/c1-4-10-14(15)11(17(3)16-10)8-19-13-7-5-6-12(18)9(13)2/h5-7,18H,4,8H2,1-3H3. The molecule has 1 aromatic carbocycles. The number of halogens is 1. The van der Waals surface area contributed by atoms with Crippen LogP contribution in [-0.4, -0.2) is 14.9 Å². The highest BCUT2D eigenvalue weighted by atomic mass is 35.5. The molecule has 5 heteroatoms. The van der Waals surface area contributed by atoms with Gasteiger partial charge >= 0.3 is 0 Å². The molecule has 0 spiro atoms. The molecule has 0 saturated heterocycles. The third-order valence-corrected chi connectivity index (χ3v) is 3.56. The van der Waals surface area contributed by atoms with Gasteiger partial charge in [-0.15, -0.1) is 0 Å². The average molecular weight is 281 g/mol. The summed E-state index contributed by atoms with van der Waals surface area (Å²) >= 11 is 6.25. The van der Waals surface area contributed by atoms with E-state index in [0.29, 0.717) is 17.4 Å². The first-order valence-electron chi connectivity index (χ1n) is 6.16. The SMILES string of the molecule is CCc1nn(C)c(COc2cccc(O)c2C)c1Cl. The first kappa shape index (κ1) is 13.7. The van der Waals surface area contributed by atoms with Crippen LogP contribution in [0, 0.1) is 6.92 Å². The topological polar surface area (TPSA) is 47.3 Å². The van der Waals surface area contributed by atoms with Crippen LogP contribution in [-0.2, 0) is 20.1 Å². The predicted molar refractivity (Wildman–Crippen MR) is 74.8 cm³/mol. The molecule has 0 aliphatic rings. The molecule has 0 saturated carbocycles. The third kappa shape index (κ3) is 2.68. The first-order valence-corrected chi connectivity index (χ1v) is 6.54. The molecule has 0 aliphatic heterocycles. The summed E-state index contributed by atoms with van der Waals surface area (Å²) in [6.45, 7) is 4.15. The fraction of sp³-hybridized carbons (Fsp3) is 0.357. The Morgan fingerprint density at radius 2 is 2.16 bits per heavy atom. The molecule has 2 aromatic rings. The van der Waals surface area contributed by atoms with Crippen molar-refractivity contribution in [2.75, 3.05) is 0 Å². The molecule has 1 aromatic heterocycles. The van der Waals surface area contributed by atoms with Gasteiger partial charge in [-0.3, -0.25) is 4.68 Å².